The number of carbonyl (C=O) groups excluding carboxylic acids is 1. The molecule has 10 heteroatoms. The molecule has 0 aliphatic carbocycles. The second-order valence-electron chi connectivity index (χ2n) is 8.40. The smallest absolute Gasteiger partial charge is 0.331 e. The van der Waals surface area contributed by atoms with Crippen molar-refractivity contribution in [1.82, 2.24) is 4.31 Å². The average Bonchev–Trinajstić information content (AvgIpc) is 3.32. The number of hydrogen-bond acceptors (Lipinski definition) is 6. The number of benzene rings is 3. The van der Waals surface area contributed by atoms with Crippen LogP contribution in [-0.4, -0.2) is 47.8 Å². The maximum atomic E-state index is 13.1. The van der Waals surface area contributed by atoms with E-state index >= 15 is 0 Å². The minimum Gasteiger partial charge on any atom is -0.458 e. The number of fused-ring (bicyclic) bond motifs is 1. The number of rotatable bonds is 8. The summed E-state index contributed by atoms with van der Waals surface area (Å²) in [5, 5.41) is 0. The summed E-state index contributed by atoms with van der Waals surface area (Å²) in [6.45, 7) is 0.313. The number of esters is 1. The largest absolute Gasteiger partial charge is 0.458 e. The predicted molar refractivity (Wildman–Crippen MR) is 137 cm³/mol. The third kappa shape index (κ3) is 5.35. The summed E-state index contributed by atoms with van der Waals surface area (Å²) in [5.74, 6) is -0.610. The number of hydrogen-bond donors (Lipinski definition) is 0. The monoisotopic (exact) mass is 526 g/mol. The Labute approximate surface area is 211 Å². The Hall–Kier alpha value is -3.47. The van der Waals surface area contributed by atoms with Gasteiger partial charge in [-0.3, -0.25) is 4.31 Å². The van der Waals surface area contributed by atoms with E-state index in [0.717, 1.165) is 9.87 Å². The lowest BCUT2D eigenvalue weighted by Gasteiger charge is -2.19. The molecular weight excluding hydrogens is 500 g/mol. The Morgan fingerprint density at radius 3 is 2.39 bits per heavy atom. The molecule has 8 nitrogen and oxygen atoms in total. The van der Waals surface area contributed by atoms with Crippen molar-refractivity contribution in [3.05, 3.63) is 95.6 Å². The first-order valence-corrected chi connectivity index (χ1v) is 14.0. The third-order valence-corrected chi connectivity index (χ3v) is 9.42. The van der Waals surface area contributed by atoms with Crippen LogP contribution in [0.1, 0.15) is 16.7 Å². The molecule has 188 valence electrons. The number of nitrogens with zero attached hydrogens (tertiary/aromatic N) is 2. The van der Waals surface area contributed by atoms with Gasteiger partial charge in [-0.1, -0.05) is 42.5 Å². The minimum absolute atomic E-state index is 0.0888. The van der Waals surface area contributed by atoms with Gasteiger partial charge in [-0.05, 0) is 59.5 Å². The first-order chi connectivity index (χ1) is 17.1. The molecule has 0 bridgehead atoms. The van der Waals surface area contributed by atoms with E-state index in [9.17, 15) is 21.6 Å². The molecule has 0 atom stereocenters. The molecule has 3 aromatic carbocycles. The normalized spacial score (nSPS) is 13.8. The SMILES string of the molecule is CN(C)S(=O)(=O)c1cccc(COC(=O)C=Cc2ccc(S(=O)(=O)N3CCc4ccccc43)cc2)c1. The van der Waals surface area contributed by atoms with E-state index in [0.29, 0.717) is 29.8 Å². The topological polar surface area (TPSA) is 101 Å². The van der Waals surface area contributed by atoms with Crippen molar-refractivity contribution in [2.75, 3.05) is 24.9 Å². The van der Waals surface area contributed by atoms with Crippen LogP contribution in [0.15, 0.2) is 88.7 Å². The van der Waals surface area contributed by atoms with Gasteiger partial charge in [0.25, 0.3) is 10.0 Å². The Bertz CT molecular complexity index is 1510. The lowest BCUT2D eigenvalue weighted by molar-refractivity contribution is -0.138. The van der Waals surface area contributed by atoms with Crippen molar-refractivity contribution in [2.24, 2.45) is 0 Å². The zero-order valence-electron chi connectivity index (χ0n) is 19.9. The molecule has 0 spiro atoms. The van der Waals surface area contributed by atoms with Crippen molar-refractivity contribution < 1.29 is 26.4 Å². The first-order valence-electron chi connectivity index (χ1n) is 11.2. The van der Waals surface area contributed by atoms with E-state index in [-0.39, 0.29) is 16.4 Å². The molecule has 36 heavy (non-hydrogen) atoms. The van der Waals surface area contributed by atoms with Crippen LogP contribution in [0.2, 0.25) is 0 Å². The Kier molecular flexibility index (Phi) is 7.30. The van der Waals surface area contributed by atoms with Crippen LogP contribution >= 0.6 is 0 Å². The number of para-hydroxylation sites is 1. The van der Waals surface area contributed by atoms with Gasteiger partial charge < -0.3 is 4.74 Å². The summed E-state index contributed by atoms with van der Waals surface area (Å²) in [5.41, 5.74) is 2.88. The predicted octanol–water partition coefficient (Wildman–Crippen LogP) is 3.44. The van der Waals surface area contributed by atoms with Gasteiger partial charge in [-0.15, -0.1) is 0 Å². The van der Waals surface area contributed by atoms with Crippen LogP contribution in [0, 0.1) is 0 Å². The molecule has 1 heterocycles. The molecule has 0 unspecified atom stereocenters. The number of sulfonamides is 2. The van der Waals surface area contributed by atoms with Gasteiger partial charge in [0.05, 0.1) is 15.5 Å². The fourth-order valence-electron chi connectivity index (χ4n) is 3.81. The zero-order chi connectivity index (χ0) is 25.9. The highest BCUT2D eigenvalue weighted by Gasteiger charge is 2.30. The van der Waals surface area contributed by atoms with Crippen molar-refractivity contribution in [3.8, 4) is 0 Å². The van der Waals surface area contributed by atoms with Crippen LogP contribution in [0.3, 0.4) is 0 Å². The molecule has 0 radical (unpaired) electrons. The van der Waals surface area contributed by atoms with Crippen LogP contribution < -0.4 is 4.31 Å². The van der Waals surface area contributed by atoms with E-state index < -0.39 is 26.0 Å². The molecule has 0 fully saturated rings. The summed E-state index contributed by atoms with van der Waals surface area (Å²) in [6, 6.07) is 19.9. The molecule has 1 aliphatic heterocycles. The molecule has 0 N–H and O–H groups in total. The van der Waals surface area contributed by atoms with Crippen LogP contribution in [0.5, 0.6) is 0 Å². The van der Waals surface area contributed by atoms with Gasteiger partial charge in [-0.2, -0.15) is 0 Å². The van der Waals surface area contributed by atoms with Crippen molar-refractivity contribution in [2.45, 2.75) is 22.8 Å². The van der Waals surface area contributed by atoms with E-state index in [1.807, 2.05) is 18.2 Å². The molecule has 3 aromatic rings. The van der Waals surface area contributed by atoms with Gasteiger partial charge in [0.15, 0.2) is 0 Å². The quantitative estimate of drug-likeness (QED) is 0.329. The Morgan fingerprint density at radius 1 is 0.944 bits per heavy atom. The van der Waals surface area contributed by atoms with Gasteiger partial charge in [0.1, 0.15) is 6.61 Å². The highest BCUT2D eigenvalue weighted by molar-refractivity contribution is 7.92. The fraction of sp³-hybridized carbons (Fsp3) is 0.192. The lowest BCUT2D eigenvalue weighted by Crippen LogP contribution is -2.29. The summed E-state index contributed by atoms with van der Waals surface area (Å²) in [4.78, 5) is 12.4. The van der Waals surface area contributed by atoms with Gasteiger partial charge >= 0.3 is 5.97 Å². The highest BCUT2D eigenvalue weighted by Crippen LogP contribution is 2.32. The maximum Gasteiger partial charge on any atom is 0.331 e. The molecule has 1 aliphatic rings. The molecule has 0 aromatic heterocycles. The molecule has 4 rings (SSSR count). The molecule has 0 saturated heterocycles. The Balaban J connectivity index is 1.38. The summed E-state index contributed by atoms with van der Waals surface area (Å²) < 4.78 is 58.5. The second-order valence-corrected chi connectivity index (χ2v) is 12.4. The van der Waals surface area contributed by atoms with Crippen LogP contribution in [-0.2, 0) is 42.6 Å². The van der Waals surface area contributed by atoms with Crippen LogP contribution in [0.25, 0.3) is 6.08 Å². The number of carbonyl (C=O) groups is 1. The number of anilines is 1. The van der Waals surface area contributed by atoms with E-state index in [1.165, 1.54) is 54.8 Å². The minimum atomic E-state index is -3.69. The van der Waals surface area contributed by atoms with Crippen molar-refractivity contribution in [3.63, 3.8) is 0 Å². The number of ether oxygens (including phenoxy) is 1. The van der Waals surface area contributed by atoms with E-state index in [2.05, 4.69) is 0 Å². The molecule has 0 amide bonds. The first kappa shape index (κ1) is 25.6. The highest BCUT2D eigenvalue weighted by atomic mass is 32.2. The van der Waals surface area contributed by atoms with Gasteiger partial charge in [0.2, 0.25) is 10.0 Å². The Morgan fingerprint density at radius 2 is 1.67 bits per heavy atom. The lowest BCUT2D eigenvalue weighted by atomic mass is 10.2. The average molecular weight is 527 g/mol. The van der Waals surface area contributed by atoms with Gasteiger partial charge in [0, 0.05) is 26.7 Å². The third-order valence-electron chi connectivity index (χ3n) is 5.78. The summed E-state index contributed by atoms with van der Waals surface area (Å²) in [7, 11) is -4.38. The van der Waals surface area contributed by atoms with Crippen molar-refractivity contribution in [1.29, 1.82) is 0 Å². The van der Waals surface area contributed by atoms with E-state index in [4.69, 9.17) is 4.74 Å². The maximum absolute atomic E-state index is 13.1. The standard InChI is InChI=1S/C26H26N2O6S2/c1-27(2)35(30,31)24-8-5-6-21(18-24)19-34-26(29)15-12-20-10-13-23(14-11-20)36(32,33)28-17-16-22-7-3-4-9-25(22)28/h3-15,18H,16-17,19H2,1-2H3. The zero-order valence-corrected chi connectivity index (χ0v) is 21.5. The van der Waals surface area contributed by atoms with Crippen LogP contribution in [0.4, 0.5) is 5.69 Å². The van der Waals surface area contributed by atoms with E-state index in [1.54, 1.807) is 30.3 Å². The summed E-state index contributed by atoms with van der Waals surface area (Å²) >= 11 is 0. The summed E-state index contributed by atoms with van der Waals surface area (Å²) in [6.07, 6.45) is 3.44. The fourth-order valence-corrected chi connectivity index (χ4v) is 6.28. The second kappa shape index (κ2) is 10.3. The van der Waals surface area contributed by atoms with Gasteiger partial charge in [-0.25, -0.2) is 25.9 Å². The molecular formula is C26H26N2O6S2. The van der Waals surface area contributed by atoms with Crippen molar-refractivity contribution >= 4 is 37.8 Å². The molecule has 0 saturated carbocycles.